The van der Waals surface area contributed by atoms with Gasteiger partial charge in [0.05, 0.1) is 0 Å². The Balaban J connectivity index is 2.08. The molecule has 1 saturated heterocycles. The lowest BCUT2D eigenvalue weighted by Gasteiger charge is -2.31. The quantitative estimate of drug-likeness (QED) is 0.853. The molecule has 3 nitrogen and oxygen atoms in total. The first kappa shape index (κ1) is 16.2. The Labute approximate surface area is 128 Å². The SMILES string of the molecule is CC(c1cc(O)cc(O)c1)N1CCCC(C(C)(C)C)CC1. The van der Waals surface area contributed by atoms with Gasteiger partial charge in [0.25, 0.3) is 0 Å². The molecule has 0 saturated carbocycles. The number of hydrogen-bond donors (Lipinski definition) is 2. The minimum atomic E-state index is 0.138. The number of phenolic OH excluding ortho intramolecular Hbond substituents is 2. The van der Waals surface area contributed by atoms with Crippen LogP contribution in [-0.4, -0.2) is 28.2 Å². The smallest absolute Gasteiger partial charge is 0.119 e. The van der Waals surface area contributed by atoms with Crippen molar-refractivity contribution >= 4 is 0 Å². The van der Waals surface area contributed by atoms with Gasteiger partial charge in [-0.15, -0.1) is 0 Å². The van der Waals surface area contributed by atoms with Crippen LogP contribution in [0.5, 0.6) is 11.5 Å². The van der Waals surface area contributed by atoms with Crippen LogP contribution >= 0.6 is 0 Å². The lowest BCUT2D eigenvalue weighted by atomic mass is 9.77. The number of aromatic hydroxyl groups is 2. The average Bonchev–Trinajstić information content (AvgIpc) is 2.61. The summed E-state index contributed by atoms with van der Waals surface area (Å²) in [5, 5.41) is 19.3. The molecule has 0 aromatic heterocycles. The molecule has 1 aliphatic heterocycles. The lowest BCUT2D eigenvalue weighted by molar-refractivity contribution is 0.189. The van der Waals surface area contributed by atoms with Crippen LogP contribution in [0.3, 0.4) is 0 Å². The van der Waals surface area contributed by atoms with Crippen LogP contribution < -0.4 is 0 Å². The third kappa shape index (κ3) is 4.13. The molecular formula is C18H29NO2. The zero-order chi connectivity index (χ0) is 15.6. The molecule has 1 aliphatic rings. The number of nitrogens with zero attached hydrogens (tertiary/aromatic N) is 1. The van der Waals surface area contributed by atoms with Crippen molar-refractivity contribution in [2.45, 2.75) is 53.0 Å². The summed E-state index contributed by atoms with van der Waals surface area (Å²) in [7, 11) is 0. The zero-order valence-corrected chi connectivity index (χ0v) is 13.8. The van der Waals surface area contributed by atoms with Gasteiger partial charge in [-0.2, -0.15) is 0 Å². The number of likely N-dealkylation sites (tertiary alicyclic amines) is 1. The van der Waals surface area contributed by atoms with Crippen molar-refractivity contribution in [2.24, 2.45) is 11.3 Å². The van der Waals surface area contributed by atoms with Gasteiger partial charge < -0.3 is 10.2 Å². The summed E-state index contributed by atoms with van der Waals surface area (Å²) in [6.45, 7) is 11.3. The molecule has 2 N–H and O–H groups in total. The molecular weight excluding hydrogens is 262 g/mol. The van der Waals surface area contributed by atoms with Gasteiger partial charge in [0.1, 0.15) is 11.5 Å². The van der Waals surface area contributed by atoms with E-state index in [1.165, 1.54) is 25.3 Å². The van der Waals surface area contributed by atoms with E-state index in [-0.39, 0.29) is 17.5 Å². The Hall–Kier alpha value is -1.22. The van der Waals surface area contributed by atoms with E-state index in [9.17, 15) is 10.2 Å². The number of benzene rings is 1. The molecule has 118 valence electrons. The molecule has 1 aromatic rings. The Morgan fingerprint density at radius 3 is 2.24 bits per heavy atom. The Kier molecular flexibility index (Phi) is 4.82. The maximum Gasteiger partial charge on any atom is 0.119 e. The summed E-state index contributed by atoms with van der Waals surface area (Å²) in [6, 6.07) is 5.13. The van der Waals surface area contributed by atoms with Crippen molar-refractivity contribution in [1.29, 1.82) is 0 Å². The van der Waals surface area contributed by atoms with E-state index < -0.39 is 0 Å². The second-order valence-electron chi connectivity index (χ2n) is 7.49. The maximum absolute atomic E-state index is 9.67. The Bertz CT molecular complexity index is 458. The topological polar surface area (TPSA) is 43.7 Å². The fourth-order valence-corrected chi connectivity index (χ4v) is 3.44. The van der Waals surface area contributed by atoms with Crippen molar-refractivity contribution in [1.82, 2.24) is 4.90 Å². The summed E-state index contributed by atoms with van der Waals surface area (Å²) in [5.41, 5.74) is 1.37. The summed E-state index contributed by atoms with van der Waals surface area (Å²) >= 11 is 0. The number of hydrogen-bond acceptors (Lipinski definition) is 3. The van der Waals surface area contributed by atoms with Crippen LogP contribution in [0.1, 0.15) is 58.6 Å². The van der Waals surface area contributed by atoms with Crippen LogP contribution in [0.15, 0.2) is 18.2 Å². The van der Waals surface area contributed by atoms with Crippen LogP contribution in [0, 0.1) is 11.3 Å². The monoisotopic (exact) mass is 291 g/mol. The van der Waals surface area contributed by atoms with Crippen LogP contribution in [0.4, 0.5) is 0 Å². The molecule has 1 heterocycles. The minimum absolute atomic E-state index is 0.138. The Morgan fingerprint density at radius 2 is 1.67 bits per heavy atom. The van der Waals surface area contributed by atoms with E-state index >= 15 is 0 Å². The normalized spacial score (nSPS) is 22.8. The first-order chi connectivity index (χ1) is 9.77. The standard InChI is InChI=1S/C18H29NO2/c1-13(14-10-16(20)12-17(21)11-14)19-8-5-6-15(7-9-19)18(2,3)4/h10-13,15,20-21H,5-9H2,1-4H3. The highest BCUT2D eigenvalue weighted by molar-refractivity contribution is 5.38. The van der Waals surface area contributed by atoms with Gasteiger partial charge in [-0.1, -0.05) is 20.8 Å². The highest BCUT2D eigenvalue weighted by atomic mass is 16.3. The van der Waals surface area contributed by atoms with Crippen LogP contribution in [-0.2, 0) is 0 Å². The molecule has 1 fully saturated rings. The van der Waals surface area contributed by atoms with Crippen molar-refractivity contribution in [3.63, 3.8) is 0 Å². The molecule has 0 spiro atoms. The van der Waals surface area contributed by atoms with Gasteiger partial charge in [-0.3, -0.25) is 4.90 Å². The highest BCUT2D eigenvalue weighted by Gasteiger charge is 2.28. The van der Waals surface area contributed by atoms with Crippen molar-refractivity contribution < 1.29 is 10.2 Å². The van der Waals surface area contributed by atoms with Gasteiger partial charge in [0.15, 0.2) is 0 Å². The van der Waals surface area contributed by atoms with Gasteiger partial charge >= 0.3 is 0 Å². The highest BCUT2D eigenvalue weighted by Crippen LogP contribution is 2.36. The zero-order valence-electron chi connectivity index (χ0n) is 13.8. The summed E-state index contributed by atoms with van der Waals surface area (Å²) in [4.78, 5) is 2.47. The molecule has 2 unspecified atom stereocenters. The van der Waals surface area contributed by atoms with Crippen molar-refractivity contribution in [3.05, 3.63) is 23.8 Å². The van der Waals surface area contributed by atoms with Gasteiger partial charge in [-0.05, 0) is 68.3 Å². The fraction of sp³-hybridized carbons (Fsp3) is 0.667. The minimum Gasteiger partial charge on any atom is -0.508 e. The van der Waals surface area contributed by atoms with Gasteiger partial charge in [0.2, 0.25) is 0 Å². The molecule has 0 amide bonds. The second kappa shape index (κ2) is 6.27. The first-order valence-electron chi connectivity index (χ1n) is 8.04. The predicted octanol–water partition coefficient (Wildman–Crippen LogP) is 4.31. The van der Waals surface area contributed by atoms with E-state index in [1.807, 2.05) is 0 Å². The maximum atomic E-state index is 9.67. The molecule has 0 aliphatic carbocycles. The van der Waals surface area contributed by atoms with E-state index in [1.54, 1.807) is 12.1 Å². The molecule has 1 aromatic carbocycles. The van der Waals surface area contributed by atoms with Crippen LogP contribution in [0.2, 0.25) is 0 Å². The van der Waals surface area contributed by atoms with E-state index in [4.69, 9.17) is 0 Å². The molecule has 0 bridgehead atoms. The molecule has 2 rings (SSSR count). The first-order valence-corrected chi connectivity index (χ1v) is 8.04. The second-order valence-corrected chi connectivity index (χ2v) is 7.49. The molecule has 2 atom stereocenters. The largest absolute Gasteiger partial charge is 0.508 e. The summed E-state index contributed by atoms with van der Waals surface area (Å²) in [5.74, 6) is 1.05. The van der Waals surface area contributed by atoms with Crippen molar-refractivity contribution in [2.75, 3.05) is 13.1 Å². The number of phenols is 2. The van der Waals surface area contributed by atoms with Crippen LogP contribution in [0.25, 0.3) is 0 Å². The van der Waals surface area contributed by atoms with Gasteiger partial charge in [0, 0.05) is 12.1 Å². The Morgan fingerprint density at radius 1 is 1.05 bits per heavy atom. The molecule has 3 heteroatoms. The van der Waals surface area contributed by atoms with Gasteiger partial charge in [-0.25, -0.2) is 0 Å². The van der Waals surface area contributed by atoms with E-state index in [2.05, 4.69) is 32.6 Å². The summed E-state index contributed by atoms with van der Waals surface area (Å²) in [6.07, 6.45) is 3.73. The fourth-order valence-electron chi connectivity index (χ4n) is 3.44. The lowest BCUT2D eigenvalue weighted by Crippen LogP contribution is -2.29. The molecule has 21 heavy (non-hydrogen) atoms. The van der Waals surface area contributed by atoms with E-state index in [0.717, 1.165) is 24.6 Å². The van der Waals surface area contributed by atoms with E-state index in [0.29, 0.717) is 5.41 Å². The number of rotatable bonds is 2. The van der Waals surface area contributed by atoms with Crippen molar-refractivity contribution in [3.8, 4) is 11.5 Å². The molecule has 0 radical (unpaired) electrons. The third-order valence-corrected chi connectivity index (χ3v) is 4.94. The third-order valence-electron chi connectivity index (χ3n) is 4.94. The summed E-state index contributed by atoms with van der Waals surface area (Å²) < 4.78 is 0. The average molecular weight is 291 g/mol. The predicted molar refractivity (Wildman–Crippen MR) is 86.6 cm³/mol.